The van der Waals surface area contributed by atoms with Crippen LogP contribution in [-0.2, 0) is 13.5 Å². The summed E-state index contributed by atoms with van der Waals surface area (Å²) in [7, 11) is 4.14. The molecule has 0 bridgehead atoms. The Labute approximate surface area is 109 Å². The van der Waals surface area contributed by atoms with Gasteiger partial charge in [0.2, 0.25) is 0 Å². The average molecular weight is 251 g/mol. The van der Waals surface area contributed by atoms with Crippen molar-refractivity contribution in [2.45, 2.75) is 26.2 Å². The topological polar surface area (TPSA) is 59.1 Å². The quantitative estimate of drug-likeness (QED) is 0.847. The minimum Gasteiger partial charge on any atom is -0.394 e. The van der Waals surface area contributed by atoms with Crippen molar-refractivity contribution >= 4 is 11.5 Å². The first-order valence-electron chi connectivity index (χ1n) is 6.85. The van der Waals surface area contributed by atoms with Gasteiger partial charge < -0.3 is 16.0 Å². The molecule has 0 unspecified atom stereocenters. The third-order valence-electron chi connectivity index (χ3n) is 3.89. The molecule has 0 aromatic carbocycles. The van der Waals surface area contributed by atoms with E-state index in [9.17, 15) is 0 Å². The Morgan fingerprint density at radius 2 is 2.00 bits per heavy atom. The van der Waals surface area contributed by atoms with E-state index in [1.54, 1.807) is 0 Å². The number of aromatic nitrogens is 2. The molecule has 5 heteroatoms. The third-order valence-corrected chi connectivity index (χ3v) is 3.89. The SMILES string of the molecule is CCc1nn(C)c(NCC2CCN(C)CC2)c1N. The van der Waals surface area contributed by atoms with Crippen molar-refractivity contribution < 1.29 is 0 Å². The van der Waals surface area contributed by atoms with E-state index in [1.807, 2.05) is 11.7 Å². The molecule has 2 heterocycles. The monoisotopic (exact) mass is 251 g/mol. The highest BCUT2D eigenvalue weighted by molar-refractivity contribution is 5.64. The van der Waals surface area contributed by atoms with Gasteiger partial charge in [0.15, 0.2) is 0 Å². The van der Waals surface area contributed by atoms with Crippen LogP contribution in [0.4, 0.5) is 11.5 Å². The van der Waals surface area contributed by atoms with Gasteiger partial charge in [-0.2, -0.15) is 5.10 Å². The maximum absolute atomic E-state index is 6.10. The molecule has 5 nitrogen and oxygen atoms in total. The molecule has 1 aliphatic heterocycles. The molecule has 0 saturated carbocycles. The number of hydrogen-bond acceptors (Lipinski definition) is 4. The fraction of sp³-hybridized carbons (Fsp3) is 0.769. The average Bonchev–Trinajstić information content (AvgIpc) is 2.64. The summed E-state index contributed by atoms with van der Waals surface area (Å²) < 4.78 is 1.86. The number of hydrogen-bond donors (Lipinski definition) is 2. The van der Waals surface area contributed by atoms with Crippen LogP contribution in [0.25, 0.3) is 0 Å². The summed E-state index contributed by atoms with van der Waals surface area (Å²) in [5.41, 5.74) is 7.90. The molecule has 3 N–H and O–H groups in total. The predicted molar refractivity (Wildman–Crippen MR) is 75.7 cm³/mol. The molecule has 18 heavy (non-hydrogen) atoms. The third kappa shape index (κ3) is 2.77. The van der Waals surface area contributed by atoms with Gasteiger partial charge in [-0.15, -0.1) is 0 Å². The Morgan fingerprint density at radius 1 is 1.33 bits per heavy atom. The van der Waals surface area contributed by atoms with Crippen molar-refractivity contribution in [2.75, 3.05) is 37.7 Å². The first-order valence-corrected chi connectivity index (χ1v) is 6.85. The van der Waals surface area contributed by atoms with Crippen LogP contribution < -0.4 is 11.1 Å². The minimum absolute atomic E-state index is 0.751. The van der Waals surface area contributed by atoms with Gasteiger partial charge in [-0.3, -0.25) is 4.68 Å². The summed E-state index contributed by atoms with van der Waals surface area (Å²) in [6.45, 7) is 5.49. The van der Waals surface area contributed by atoms with Gasteiger partial charge in [0.25, 0.3) is 0 Å². The molecule has 1 aromatic rings. The van der Waals surface area contributed by atoms with E-state index < -0.39 is 0 Å². The van der Waals surface area contributed by atoms with E-state index in [1.165, 1.54) is 25.9 Å². The van der Waals surface area contributed by atoms with Gasteiger partial charge in [0.05, 0.1) is 11.4 Å². The van der Waals surface area contributed by atoms with E-state index in [2.05, 4.69) is 29.3 Å². The van der Waals surface area contributed by atoms with Crippen LogP contribution >= 0.6 is 0 Å². The zero-order valence-electron chi connectivity index (χ0n) is 11.7. The molecule has 0 amide bonds. The van der Waals surface area contributed by atoms with Crippen molar-refractivity contribution in [3.8, 4) is 0 Å². The number of nitrogens with one attached hydrogen (secondary N) is 1. The summed E-state index contributed by atoms with van der Waals surface area (Å²) in [6.07, 6.45) is 3.42. The Hall–Kier alpha value is -1.23. The van der Waals surface area contributed by atoms with Crippen molar-refractivity contribution in [3.05, 3.63) is 5.69 Å². The van der Waals surface area contributed by atoms with Crippen molar-refractivity contribution in [2.24, 2.45) is 13.0 Å². The normalized spacial score (nSPS) is 18.2. The number of anilines is 2. The van der Waals surface area contributed by atoms with Gasteiger partial charge in [0, 0.05) is 13.6 Å². The molecule has 1 aliphatic rings. The lowest BCUT2D eigenvalue weighted by Gasteiger charge is -2.29. The first kappa shape index (κ1) is 13.2. The molecule has 102 valence electrons. The molecule has 1 saturated heterocycles. The van der Waals surface area contributed by atoms with Crippen LogP contribution in [0.1, 0.15) is 25.5 Å². The molecule has 1 aromatic heterocycles. The second kappa shape index (κ2) is 5.61. The molecular weight excluding hydrogens is 226 g/mol. The van der Waals surface area contributed by atoms with E-state index in [0.29, 0.717) is 0 Å². The van der Waals surface area contributed by atoms with Gasteiger partial charge >= 0.3 is 0 Å². The molecule has 0 spiro atoms. The Balaban J connectivity index is 1.92. The second-order valence-corrected chi connectivity index (χ2v) is 5.31. The number of nitrogens with zero attached hydrogens (tertiary/aromatic N) is 3. The molecule has 2 rings (SSSR count). The maximum Gasteiger partial charge on any atom is 0.147 e. The summed E-state index contributed by atoms with van der Waals surface area (Å²) in [5, 5.41) is 7.90. The summed E-state index contributed by atoms with van der Waals surface area (Å²) in [4.78, 5) is 2.39. The standard InChI is InChI=1S/C13H25N5/c1-4-11-12(14)13(18(3)16-11)15-9-10-5-7-17(2)8-6-10/h10,15H,4-9,14H2,1-3H3. The summed E-state index contributed by atoms with van der Waals surface area (Å²) in [6, 6.07) is 0. The van der Waals surface area contributed by atoms with Gasteiger partial charge in [-0.05, 0) is 45.3 Å². The largest absolute Gasteiger partial charge is 0.394 e. The Morgan fingerprint density at radius 3 is 2.56 bits per heavy atom. The van der Waals surface area contributed by atoms with E-state index in [0.717, 1.165) is 36.1 Å². The molecule has 0 radical (unpaired) electrons. The van der Waals surface area contributed by atoms with Crippen LogP contribution in [0.5, 0.6) is 0 Å². The fourth-order valence-electron chi connectivity index (χ4n) is 2.57. The highest BCUT2D eigenvalue weighted by atomic mass is 15.3. The number of piperidine rings is 1. The van der Waals surface area contributed by atoms with Crippen LogP contribution in [0.3, 0.4) is 0 Å². The van der Waals surface area contributed by atoms with Crippen LogP contribution in [0.2, 0.25) is 0 Å². The van der Waals surface area contributed by atoms with Crippen LogP contribution in [-0.4, -0.2) is 41.4 Å². The summed E-state index contributed by atoms with van der Waals surface area (Å²) in [5.74, 6) is 1.73. The van der Waals surface area contributed by atoms with Crippen molar-refractivity contribution in [3.63, 3.8) is 0 Å². The van der Waals surface area contributed by atoms with Gasteiger partial charge in [-0.1, -0.05) is 6.92 Å². The fourth-order valence-corrected chi connectivity index (χ4v) is 2.57. The predicted octanol–water partition coefficient (Wildman–Crippen LogP) is 1.32. The van der Waals surface area contributed by atoms with E-state index in [-0.39, 0.29) is 0 Å². The number of aryl methyl sites for hydroxylation is 2. The smallest absolute Gasteiger partial charge is 0.147 e. The first-order chi connectivity index (χ1) is 8.61. The second-order valence-electron chi connectivity index (χ2n) is 5.31. The highest BCUT2D eigenvalue weighted by Crippen LogP contribution is 2.24. The summed E-state index contributed by atoms with van der Waals surface area (Å²) >= 11 is 0. The number of rotatable bonds is 4. The lowest BCUT2D eigenvalue weighted by Crippen LogP contribution is -2.33. The van der Waals surface area contributed by atoms with E-state index >= 15 is 0 Å². The number of nitrogen functional groups attached to an aromatic ring is 1. The molecular formula is C13H25N5. The van der Waals surface area contributed by atoms with Crippen LogP contribution in [0.15, 0.2) is 0 Å². The number of likely N-dealkylation sites (tertiary alicyclic amines) is 1. The number of nitrogens with two attached hydrogens (primary N) is 1. The van der Waals surface area contributed by atoms with Gasteiger partial charge in [0.1, 0.15) is 5.82 Å². The molecule has 0 atom stereocenters. The minimum atomic E-state index is 0.751. The van der Waals surface area contributed by atoms with Crippen molar-refractivity contribution in [1.82, 2.24) is 14.7 Å². The van der Waals surface area contributed by atoms with E-state index in [4.69, 9.17) is 5.73 Å². The lowest BCUT2D eigenvalue weighted by atomic mass is 9.97. The maximum atomic E-state index is 6.10. The lowest BCUT2D eigenvalue weighted by molar-refractivity contribution is 0.226. The molecule has 1 fully saturated rings. The Kier molecular flexibility index (Phi) is 4.11. The van der Waals surface area contributed by atoms with Crippen molar-refractivity contribution in [1.29, 1.82) is 0 Å². The van der Waals surface area contributed by atoms with Crippen LogP contribution in [0, 0.1) is 5.92 Å². The zero-order valence-corrected chi connectivity index (χ0v) is 11.7. The van der Waals surface area contributed by atoms with Gasteiger partial charge in [-0.25, -0.2) is 0 Å². The highest BCUT2D eigenvalue weighted by Gasteiger charge is 2.18. The zero-order chi connectivity index (χ0) is 13.1. The molecule has 0 aliphatic carbocycles. The Bertz CT molecular complexity index is 390.